The summed E-state index contributed by atoms with van der Waals surface area (Å²) >= 11 is 0. The molecule has 1 aliphatic heterocycles. The molecular weight excluding hydrogens is 220 g/mol. The Kier molecular flexibility index (Phi) is 2.74. The molecule has 5 aliphatic rings. The molecule has 1 unspecified atom stereocenters. The molecule has 0 radical (unpaired) electrons. The van der Waals surface area contributed by atoms with Crippen LogP contribution < -0.4 is 5.32 Å². The van der Waals surface area contributed by atoms with Gasteiger partial charge in [-0.05, 0) is 82.7 Å². The Morgan fingerprint density at radius 1 is 1.06 bits per heavy atom. The van der Waals surface area contributed by atoms with E-state index in [1.807, 2.05) is 0 Å². The average molecular weight is 248 g/mol. The molecule has 1 heterocycles. The summed E-state index contributed by atoms with van der Waals surface area (Å²) in [6.07, 6.45) is 12.2. The van der Waals surface area contributed by atoms with Gasteiger partial charge in [-0.1, -0.05) is 0 Å². The standard InChI is InChI=1S/C16H28N2/c1-17-11-15-3-2-4-18(15)16-8-12-5-13(9-16)7-14(6-12)10-16/h12-15,17H,2-11H2,1H3. The third-order valence-corrected chi connectivity index (χ3v) is 6.43. The van der Waals surface area contributed by atoms with Crippen LogP contribution in [0.25, 0.3) is 0 Å². The molecule has 4 bridgehead atoms. The van der Waals surface area contributed by atoms with E-state index in [2.05, 4.69) is 17.3 Å². The zero-order chi connectivity index (χ0) is 12.2. The molecule has 1 saturated heterocycles. The van der Waals surface area contributed by atoms with Crippen molar-refractivity contribution in [2.24, 2.45) is 17.8 Å². The maximum absolute atomic E-state index is 3.43. The molecule has 0 amide bonds. The highest BCUT2D eigenvalue weighted by Crippen LogP contribution is 2.58. The smallest absolute Gasteiger partial charge is 0.0226 e. The van der Waals surface area contributed by atoms with Crippen molar-refractivity contribution in [1.29, 1.82) is 0 Å². The molecule has 18 heavy (non-hydrogen) atoms. The zero-order valence-electron chi connectivity index (χ0n) is 11.8. The molecule has 2 nitrogen and oxygen atoms in total. The summed E-state index contributed by atoms with van der Waals surface area (Å²) in [5.74, 6) is 3.27. The molecule has 2 heteroatoms. The minimum absolute atomic E-state index is 0.646. The SMILES string of the molecule is CNCC1CCCN1C12CC3CC(CC(C3)C1)C2. The molecule has 0 aromatic carbocycles. The monoisotopic (exact) mass is 248 g/mol. The largest absolute Gasteiger partial charge is 0.318 e. The van der Waals surface area contributed by atoms with Crippen molar-refractivity contribution in [3.63, 3.8) is 0 Å². The van der Waals surface area contributed by atoms with Gasteiger partial charge in [0, 0.05) is 18.1 Å². The van der Waals surface area contributed by atoms with Gasteiger partial charge in [0.15, 0.2) is 0 Å². The molecule has 0 spiro atoms. The predicted octanol–water partition coefficient (Wildman–Crippen LogP) is 2.64. The van der Waals surface area contributed by atoms with Crippen molar-refractivity contribution in [3.05, 3.63) is 0 Å². The van der Waals surface area contributed by atoms with Gasteiger partial charge in [-0.2, -0.15) is 0 Å². The normalized spacial score (nSPS) is 51.2. The van der Waals surface area contributed by atoms with Crippen molar-refractivity contribution >= 4 is 0 Å². The fourth-order valence-corrected chi connectivity index (χ4v) is 6.32. The van der Waals surface area contributed by atoms with E-state index in [1.165, 1.54) is 25.9 Å². The van der Waals surface area contributed by atoms with Gasteiger partial charge in [0.25, 0.3) is 0 Å². The second-order valence-electron chi connectivity index (χ2n) is 7.69. The topological polar surface area (TPSA) is 15.3 Å². The van der Waals surface area contributed by atoms with E-state index < -0.39 is 0 Å². The van der Waals surface area contributed by atoms with Crippen molar-refractivity contribution in [3.8, 4) is 0 Å². The van der Waals surface area contributed by atoms with Crippen LogP contribution in [0.1, 0.15) is 51.4 Å². The quantitative estimate of drug-likeness (QED) is 0.826. The van der Waals surface area contributed by atoms with Gasteiger partial charge in [0.05, 0.1) is 0 Å². The Bertz CT molecular complexity index is 290. The number of hydrogen-bond donors (Lipinski definition) is 1. The summed E-state index contributed by atoms with van der Waals surface area (Å²) in [6.45, 7) is 2.60. The van der Waals surface area contributed by atoms with Crippen LogP contribution in [-0.2, 0) is 0 Å². The number of nitrogens with one attached hydrogen (secondary N) is 1. The van der Waals surface area contributed by atoms with E-state index in [9.17, 15) is 0 Å². The number of nitrogens with zero attached hydrogens (tertiary/aromatic N) is 1. The maximum Gasteiger partial charge on any atom is 0.0226 e. The van der Waals surface area contributed by atoms with Gasteiger partial charge in [-0.3, -0.25) is 4.90 Å². The number of likely N-dealkylation sites (N-methyl/N-ethyl adjacent to an activating group) is 1. The Morgan fingerprint density at radius 3 is 2.22 bits per heavy atom. The lowest BCUT2D eigenvalue weighted by Gasteiger charge is -2.61. The van der Waals surface area contributed by atoms with Gasteiger partial charge in [0.1, 0.15) is 0 Å². The van der Waals surface area contributed by atoms with Crippen LogP contribution in [0, 0.1) is 17.8 Å². The molecule has 102 valence electrons. The average Bonchev–Trinajstić information content (AvgIpc) is 2.76. The van der Waals surface area contributed by atoms with E-state index in [0.29, 0.717) is 5.54 Å². The third kappa shape index (κ3) is 1.68. The second kappa shape index (κ2) is 4.21. The van der Waals surface area contributed by atoms with Crippen molar-refractivity contribution < 1.29 is 0 Å². The van der Waals surface area contributed by atoms with Crippen molar-refractivity contribution in [2.45, 2.75) is 62.9 Å². The van der Waals surface area contributed by atoms with E-state index in [1.54, 1.807) is 38.5 Å². The highest BCUT2D eigenvalue weighted by atomic mass is 15.3. The molecule has 4 aliphatic carbocycles. The molecule has 5 fully saturated rings. The molecular formula is C16H28N2. The molecule has 1 N–H and O–H groups in total. The molecule has 1 atom stereocenters. The Hall–Kier alpha value is -0.0800. The number of likely N-dealkylation sites (tertiary alicyclic amines) is 1. The summed E-state index contributed by atoms with van der Waals surface area (Å²) in [5.41, 5.74) is 0.646. The first-order valence-electron chi connectivity index (χ1n) is 8.20. The first-order chi connectivity index (χ1) is 8.79. The van der Waals surface area contributed by atoms with E-state index in [-0.39, 0.29) is 0 Å². The Morgan fingerprint density at radius 2 is 1.67 bits per heavy atom. The minimum Gasteiger partial charge on any atom is -0.318 e. The fourth-order valence-electron chi connectivity index (χ4n) is 6.32. The highest BCUT2D eigenvalue weighted by molar-refractivity contribution is 5.09. The first kappa shape index (κ1) is 11.7. The zero-order valence-corrected chi connectivity index (χ0v) is 11.8. The van der Waals surface area contributed by atoms with E-state index in [4.69, 9.17) is 0 Å². The van der Waals surface area contributed by atoms with Crippen LogP contribution in [0.2, 0.25) is 0 Å². The lowest BCUT2D eigenvalue weighted by Crippen LogP contribution is -2.62. The van der Waals surface area contributed by atoms with Crippen LogP contribution in [0.3, 0.4) is 0 Å². The van der Waals surface area contributed by atoms with Gasteiger partial charge in [0.2, 0.25) is 0 Å². The Balaban J connectivity index is 1.59. The van der Waals surface area contributed by atoms with Crippen LogP contribution in [0.15, 0.2) is 0 Å². The van der Waals surface area contributed by atoms with E-state index in [0.717, 1.165) is 23.8 Å². The second-order valence-corrected chi connectivity index (χ2v) is 7.69. The number of rotatable bonds is 3. The van der Waals surface area contributed by atoms with Crippen molar-refractivity contribution in [2.75, 3.05) is 20.1 Å². The van der Waals surface area contributed by atoms with Crippen molar-refractivity contribution in [1.82, 2.24) is 10.2 Å². The predicted molar refractivity (Wildman–Crippen MR) is 74.6 cm³/mol. The molecule has 0 aromatic heterocycles. The van der Waals surface area contributed by atoms with Gasteiger partial charge >= 0.3 is 0 Å². The third-order valence-electron chi connectivity index (χ3n) is 6.43. The van der Waals surface area contributed by atoms with Crippen LogP contribution >= 0.6 is 0 Å². The van der Waals surface area contributed by atoms with Gasteiger partial charge in [-0.15, -0.1) is 0 Å². The lowest BCUT2D eigenvalue weighted by molar-refractivity contribution is -0.0931. The maximum atomic E-state index is 3.43. The lowest BCUT2D eigenvalue weighted by atomic mass is 9.52. The van der Waals surface area contributed by atoms with Crippen LogP contribution in [0.4, 0.5) is 0 Å². The summed E-state index contributed by atoms with van der Waals surface area (Å²) in [6, 6.07) is 0.839. The fraction of sp³-hybridized carbons (Fsp3) is 1.00. The van der Waals surface area contributed by atoms with Gasteiger partial charge < -0.3 is 5.32 Å². The van der Waals surface area contributed by atoms with Gasteiger partial charge in [-0.25, -0.2) is 0 Å². The molecule has 4 saturated carbocycles. The summed E-state index contributed by atoms with van der Waals surface area (Å²) in [7, 11) is 2.12. The first-order valence-corrected chi connectivity index (χ1v) is 8.20. The van der Waals surface area contributed by atoms with Crippen LogP contribution in [-0.4, -0.2) is 36.6 Å². The molecule has 5 rings (SSSR count). The molecule has 0 aromatic rings. The van der Waals surface area contributed by atoms with E-state index >= 15 is 0 Å². The summed E-state index contributed by atoms with van der Waals surface area (Å²) in [5, 5.41) is 3.43. The summed E-state index contributed by atoms with van der Waals surface area (Å²) in [4.78, 5) is 2.97. The minimum atomic E-state index is 0.646. The summed E-state index contributed by atoms with van der Waals surface area (Å²) < 4.78 is 0. The highest BCUT2D eigenvalue weighted by Gasteiger charge is 2.55. The van der Waals surface area contributed by atoms with Crippen LogP contribution in [0.5, 0.6) is 0 Å². The number of hydrogen-bond acceptors (Lipinski definition) is 2. The Labute approximate surface area is 111 Å².